The van der Waals surface area contributed by atoms with Crippen molar-refractivity contribution < 1.29 is 22.7 Å². The normalized spacial score (nSPS) is 17.7. The molecule has 1 aliphatic rings. The van der Waals surface area contributed by atoms with Gasteiger partial charge in [-0.25, -0.2) is 8.42 Å². The maximum absolute atomic E-state index is 12.9. The predicted octanol–water partition coefficient (Wildman–Crippen LogP) is 1.90. The zero-order chi connectivity index (χ0) is 19.3. The number of piperidine rings is 1. The number of ether oxygens (including phenoxy) is 2. The number of benzene rings is 1. The Hall–Kier alpha value is -1.35. The molecule has 0 aromatic heterocycles. The second-order valence-electron chi connectivity index (χ2n) is 6.34. The molecule has 9 heteroatoms. The van der Waals surface area contributed by atoms with Gasteiger partial charge in [-0.1, -0.05) is 11.6 Å². The Bertz CT molecular complexity index is 733. The highest BCUT2D eigenvalue weighted by atomic mass is 35.5. The van der Waals surface area contributed by atoms with Crippen molar-refractivity contribution in [2.75, 3.05) is 33.9 Å². The van der Waals surface area contributed by atoms with Crippen LogP contribution in [0.15, 0.2) is 23.1 Å². The van der Waals surface area contributed by atoms with E-state index < -0.39 is 10.0 Å². The van der Waals surface area contributed by atoms with Gasteiger partial charge in [-0.3, -0.25) is 4.79 Å². The lowest BCUT2D eigenvalue weighted by atomic mass is 9.97. The Morgan fingerprint density at radius 2 is 2.00 bits per heavy atom. The molecule has 0 bridgehead atoms. The molecule has 146 valence electrons. The molecule has 0 aliphatic carbocycles. The maximum atomic E-state index is 12.9. The molecule has 26 heavy (non-hydrogen) atoms. The lowest BCUT2D eigenvalue weighted by Gasteiger charge is -2.31. The first-order valence-electron chi connectivity index (χ1n) is 8.42. The fraction of sp³-hybridized carbons (Fsp3) is 0.588. The number of carbonyl (C=O) groups excluding carboxylic acids is 1. The van der Waals surface area contributed by atoms with Crippen LogP contribution in [0.5, 0.6) is 5.75 Å². The Morgan fingerprint density at radius 1 is 1.35 bits per heavy atom. The first kappa shape index (κ1) is 21.0. The van der Waals surface area contributed by atoms with Gasteiger partial charge >= 0.3 is 0 Å². The highest BCUT2D eigenvalue weighted by molar-refractivity contribution is 7.89. The van der Waals surface area contributed by atoms with E-state index in [9.17, 15) is 13.2 Å². The van der Waals surface area contributed by atoms with E-state index in [4.69, 9.17) is 21.1 Å². The zero-order valence-electron chi connectivity index (χ0n) is 15.2. The summed E-state index contributed by atoms with van der Waals surface area (Å²) in [5.74, 6) is -0.0170. The lowest BCUT2D eigenvalue weighted by molar-refractivity contribution is -0.127. The van der Waals surface area contributed by atoms with Crippen molar-refractivity contribution in [2.24, 2.45) is 5.92 Å². The van der Waals surface area contributed by atoms with Crippen LogP contribution in [-0.2, 0) is 19.6 Å². The van der Waals surface area contributed by atoms with E-state index in [0.717, 1.165) is 0 Å². The van der Waals surface area contributed by atoms with Crippen molar-refractivity contribution in [3.05, 3.63) is 23.2 Å². The second kappa shape index (κ2) is 9.03. The number of halogens is 1. The molecule has 0 saturated carbocycles. The molecule has 2 rings (SSSR count). The Balaban J connectivity index is 2.05. The summed E-state index contributed by atoms with van der Waals surface area (Å²) >= 11 is 5.96. The van der Waals surface area contributed by atoms with Gasteiger partial charge in [-0.05, 0) is 38.0 Å². The van der Waals surface area contributed by atoms with E-state index in [1.54, 1.807) is 13.2 Å². The van der Waals surface area contributed by atoms with E-state index in [2.05, 4.69) is 5.32 Å². The predicted molar refractivity (Wildman–Crippen MR) is 99.0 cm³/mol. The number of rotatable bonds is 7. The molecule has 1 N–H and O–H groups in total. The summed E-state index contributed by atoms with van der Waals surface area (Å²) in [6, 6.07) is 4.43. The molecule has 1 aromatic rings. The van der Waals surface area contributed by atoms with Gasteiger partial charge in [-0.15, -0.1) is 0 Å². The summed E-state index contributed by atoms with van der Waals surface area (Å²) in [5, 5.41) is 3.22. The van der Waals surface area contributed by atoms with Crippen molar-refractivity contribution in [3.63, 3.8) is 0 Å². The first-order chi connectivity index (χ1) is 12.3. The van der Waals surface area contributed by atoms with Gasteiger partial charge in [0.05, 0.1) is 13.7 Å². The summed E-state index contributed by atoms with van der Waals surface area (Å²) < 4.78 is 37.4. The standard InChI is InChI=1S/C17H25ClN2O5S/c1-12(11-24-2)19-17(21)13-6-8-20(9-7-13)26(22,23)16-10-14(18)4-5-15(16)25-3/h4-5,10,12-13H,6-9,11H2,1-3H3,(H,19,21)/t12-/m0/s1. The van der Waals surface area contributed by atoms with Gasteiger partial charge in [0.25, 0.3) is 0 Å². The third kappa shape index (κ3) is 4.88. The third-order valence-electron chi connectivity index (χ3n) is 4.37. The fourth-order valence-corrected chi connectivity index (χ4v) is 4.89. The van der Waals surface area contributed by atoms with Crippen LogP contribution in [0, 0.1) is 5.92 Å². The van der Waals surface area contributed by atoms with Gasteiger partial charge in [-0.2, -0.15) is 4.31 Å². The molecule has 1 aromatic carbocycles. The molecule has 1 saturated heterocycles. The molecule has 0 radical (unpaired) electrons. The number of nitrogens with zero attached hydrogens (tertiary/aromatic N) is 1. The molecular weight excluding hydrogens is 380 g/mol. The molecule has 1 amide bonds. The van der Waals surface area contributed by atoms with Crippen LogP contribution in [0.2, 0.25) is 5.02 Å². The average Bonchev–Trinajstić information content (AvgIpc) is 2.62. The van der Waals surface area contributed by atoms with Crippen LogP contribution in [0.4, 0.5) is 0 Å². The molecular formula is C17H25ClN2O5S. The number of hydrogen-bond acceptors (Lipinski definition) is 5. The maximum Gasteiger partial charge on any atom is 0.246 e. The molecule has 7 nitrogen and oxygen atoms in total. The minimum Gasteiger partial charge on any atom is -0.495 e. The van der Waals surface area contributed by atoms with Crippen molar-refractivity contribution in [1.82, 2.24) is 9.62 Å². The number of nitrogens with one attached hydrogen (secondary N) is 1. The summed E-state index contributed by atoms with van der Waals surface area (Å²) in [4.78, 5) is 12.3. The van der Waals surface area contributed by atoms with E-state index in [1.807, 2.05) is 6.92 Å². The van der Waals surface area contributed by atoms with Crippen molar-refractivity contribution >= 4 is 27.5 Å². The van der Waals surface area contributed by atoms with Crippen LogP contribution in [0.25, 0.3) is 0 Å². The smallest absolute Gasteiger partial charge is 0.246 e. The summed E-state index contributed by atoms with van der Waals surface area (Å²) in [5.41, 5.74) is 0. The molecule has 1 heterocycles. The largest absolute Gasteiger partial charge is 0.495 e. The first-order valence-corrected chi connectivity index (χ1v) is 10.2. The second-order valence-corrected chi connectivity index (χ2v) is 8.68. The van der Waals surface area contributed by atoms with Crippen LogP contribution < -0.4 is 10.1 Å². The van der Waals surface area contributed by atoms with Crippen molar-refractivity contribution in [3.8, 4) is 5.75 Å². The van der Waals surface area contributed by atoms with Crippen molar-refractivity contribution in [2.45, 2.75) is 30.7 Å². The SMILES string of the molecule is COC[C@H](C)NC(=O)C1CCN(S(=O)(=O)c2cc(Cl)ccc2OC)CC1. The highest BCUT2D eigenvalue weighted by Crippen LogP contribution is 2.31. The Labute approximate surface area is 159 Å². The average molecular weight is 405 g/mol. The number of sulfonamides is 1. The number of amides is 1. The van der Waals surface area contributed by atoms with Gasteiger partial charge in [0.15, 0.2) is 0 Å². The lowest BCUT2D eigenvalue weighted by Crippen LogP contribution is -2.45. The number of hydrogen-bond donors (Lipinski definition) is 1. The van der Waals surface area contributed by atoms with E-state index in [-0.39, 0.29) is 41.6 Å². The Kier molecular flexibility index (Phi) is 7.28. The summed E-state index contributed by atoms with van der Waals surface area (Å²) in [7, 11) is -0.740. The highest BCUT2D eigenvalue weighted by Gasteiger charge is 2.34. The molecule has 1 atom stereocenters. The summed E-state index contributed by atoms with van der Waals surface area (Å²) in [6.07, 6.45) is 0.932. The minimum absolute atomic E-state index is 0.0455. The molecule has 0 spiro atoms. The summed E-state index contributed by atoms with van der Waals surface area (Å²) in [6.45, 7) is 2.85. The van der Waals surface area contributed by atoms with Crippen LogP contribution in [0.1, 0.15) is 19.8 Å². The zero-order valence-corrected chi connectivity index (χ0v) is 16.8. The van der Waals surface area contributed by atoms with E-state index in [1.165, 1.54) is 23.5 Å². The monoisotopic (exact) mass is 404 g/mol. The molecule has 1 aliphatic heterocycles. The molecule has 0 unspecified atom stereocenters. The van der Waals surface area contributed by atoms with Gasteiger partial charge in [0.2, 0.25) is 15.9 Å². The quantitative estimate of drug-likeness (QED) is 0.750. The topological polar surface area (TPSA) is 84.9 Å². The van der Waals surface area contributed by atoms with E-state index >= 15 is 0 Å². The number of methoxy groups -OCH3 is 2. The minimum atomic E-state index is -3.74. The van der Waals surface area contributed by atoms with Crippen LogP contribution in [-0.4, -0.2) is 58.6 Å². The van der Waals surface area contributed by atoms with Gasteiger partial charge < -0.3 is 14.8 Å². The Morgan fingerprint density at radius 3 is 2.58 bits per heavy atom. The number of carbonyl (C=O) groups is 1. The van der Waals surface area contributed by atoms with E-state index in [0.29, 0.717) is 24.5 Å². The van der Waals surface area contributed by atoms with Gasteiger partial charge in [0, 0.05) is 37.2 Å². The molecule has 1 fully saturated rings. The van der Waals surface area contributed by atoms with Crippen LogP contribution in [0.3, 0.4) is 0 Å². The van der Waals surface area contributed by atoms with Crippen molar-refractivity contribution in [1.29, 1.82) is 0 Å². The van der Waals surface area contributed by atoms with Crippen LogP contribution >= 0.6 is 11.6 Å². The third-order valence-corrected chi connectivity index (χ3v) is 6.53. The fourth-order valence-electron chi connectivity index (χ4n) is 3.00. The van der Waals surface area contributed by atoms with Gasteiger partial charge in [0.1, 0.15) is 10.6 Å².